The Hall–Kier alpha value is -1.07. The second kappa shape index (κ2) is 3.99. The number of halogens is 3. The lowest BCUT2D eigenvalue weighted by Crippen LogP contribution is -2.23. The number of rotatable bonds is 3. The molecule has 94 valence electrons. The average molecular weight is 245 g/mol. The second-order valence-electron chi connectivity index (χ2n) is 4.44. The number of hydrogen-bond acceptors (Lipinski definition) is 2. The monoisotopic (exact) mass is 245 g/mol. The summed E-state index contributed by atoms with van der Waals surface area (Å²) in [4.78, 5) is 0. The molecule has 1 aromatic rings. The molecule has 0 radical (unpaired) electrons. The van der Waals surface area contributed by atoms with Gasteiger partial charge in [0, 0.05) is 12.6 Å². The Kier molecular flexibility index (Phi) is 2.91. The number of nitrogens with two attached hydrogens (primary N) is 1. The van der Waals surface area contributed by atoms with Gasteiger partial charge < -0.3 is 10.5 Å². The highest BCUT2D eigenvalue weighted by atomic mass is 19.4. The van der Waals surface area contributed by atoms with E-state index < -0.39 is 12.3 Å². The molecule has 0 bridgehead atoms. The van der Waals surface area contributed by atoms with Crippen LogP contribution < -0.4 is 5.73 Å². The highest BCUT2D eigenvalue weighted by molar-refractivity contribution is 5.33. The van der Waals surface area contributed by atoms with E-state index >= 15 is 0 Å². The number of methoxy groups -OCH3 is 1. The molecule has 1 unspecified atom stereocenters. The number of benzene rings is 1. The molecule has 1 aliphatic rings. The van der Waals surface area contributed by atoms with E-state index in [9.17, 15) is 13.2 Å². The maximum Gasteiger partial charge on any atom is 0.418 e. The van der Waals surface area contributed by atoms with Gasteiger partial charge in [-0.05, 0) is 24.0 Å². The molecular weight excluding hydrogens is 231 g/mol. The minimum atomic E-state index is -4.39. The normalized spacial score (nSPS) is 20.1. The van der Waals surface area contributed by atoms with Gasteiger partial charge in [0.1, 0.15) is 0 Å². The minimum absolute atomic E-state index is 0.105. The molecule has 2 rings (SSSR count). The molecule has 1 aliphatic carbocycles. The van der Waals surface area contributed by atoms with Crippen molar-refractivity contribution in [2.75, 3.05) is 7.11 Å². The summed E-state index contributed by atoms with van der Waals surface area (Å²) in [6, 6.07) is 6.17. The van der Waals surface area contributed by atoms with Gasteiger partial charge in [-0.1, -0.05) is 24.3 Å². The third-order valence-corrected chi connectivity index (χ3v) is 3.11. The van der Waals surface area contributed by atoms with Gasteiger partial charge in [0.15, 0.2) is 6.10 Å². The minimum Gasteiger partial charge on any atom is -0.367 e. The summed E-state index contributed by atoms with van der Waals surface area (Å²) in [5.41, 5.74) is 6.63. The van der Waals surface area contributed by atoms with E-state index in [0.29, 0.717) is 0 Å². The molecule has 0 aliphatic heterocycles. The van der Waals surface area contributed by atoms with Crippen molar-refractivity contribution in [2.45, 2.75) is 30.7 Å². The van der Waals surface area contributed by atoms with Crippen LogP contribution in [0.1, 0.15) is 30.1 Å². The lowest BCUT2D eigenvalue weighted by molar-refractivity contribution is -0.215. The number of ether oxygens (including phenoxy) is 1. The van der Waals surface area contributed by atoms with Gasteiger partial charge >= 0.3 is 6.18 Å². The summed E-state index contributed by atoms with van der Waals surface area (Å²) in [7, 11) is 1.05. The molecule has 0 saturated heterocycles. The van der Waals surface area contributed by atoms with Gasteiger partial charge in [0.25, 0.3) is 0 Å². The highest BCUT2D eigenvalue weighted by Crippen LogP contribution is 2.43. The molecule has 0 aromatic heterocycles. The molecule has 2 nitrogen and oxygen atoms in total. The zero-order chi connectivity index (χ0) is 12.7. The van der Waals surface area contributed by atoms with Crippen LogP contribution in [0.25, 0.3) is 0 Å². The smallest absolute Gasteiger partial charge is 0.367 e. The van der Waals surface area contributed by atoms with E-state index in [4.69, 9.17) is 5.73 Å². The molecule has 0 heterocycles. The fraction of sp³-hybridized carbons (Fsp3) is 0.500. The van der Waals surface area contributed by atoms with Crippen molar-refractivity contribution < 1.29 is 17.9 Å². The predicted octanol–water partition coefficient (Wildman–Crippen LogP) is 2.88. The Bertz CT molecular complexity index is 395. The Morgan fingerprint density at radius 1 is 1.24 bits per heavy atom. The van der Waals surface area contributed by atoms with E-state index in [2.05, 4.69) is 4.74 Å². The maximum atomic E-state index is 12.6. The SMILES string of the molecule is COC(c1ccc(C2(N)CC2)cc1)C(F)(F)F. The summed E-state index contributed by atoms with van der Waals surface area (Å²) in [6.45, 7) is 0. The van der Waals surface area contributed by atoms with Crippen molar-refractivity contribution in [2.24, 2.45) is 5.73 Å². The summed E-state index contributed by atoms with van der Waals surface area (Å²) < 4.78 is 42.3. The lowest BCUT2D eigenvalue weighted by atomic mass is 10.0. The summed E-state index contributed by atoms with van der Waals surface area (Å²) in [5.74, 6) is 0. The van der Waals surface area contributed by atoms with E-state index in [-0.39, 0.29) is 11.1 Å². The van der Waals surface area contributed by atoms with Gasteiger partial charge in [0.2, 0.25) is 0 Å². The van der Waals surface area contributed by atoms with Crippen molar-refractivity contribution in [1.82, 2.24) is 0 Å². The molecule has 1 fully saturated rings. The van der Waals surface area contributed by atoms with Crippen molar-refractivity contribution in [3.63, 3.8) is 0 Å². The van der Waals surface area contributed by atoms with Gasteiger partial charge in [0.05, 0.1) is 0 Å². The molecule has 1 saturated carbocycles. The zero-order valence-electron chi connectivity index (χ0n) is 9.42. The molecule has 5 heteroatoms. The van der Waals surface area contributed by atoms with Gasteiger partial charge in [-0.2, -0.15) is 13.2 Å². The largest absolute Gasteiger partial charge is 0.418 e. The van der Waals surface area contributed by atoms with Crippen molar-refractivity contribution in [1.29, 1.82) is 0 Å². The first-order chi connectivity index (χ1) is 7.87. The first-order valence-electron chi connectivity index (χ1n) is 5.36. The quantitative estimate of drug-likeness (QED) is 0.888. The van der Waals surface area contributed by atoms with Crippen LogP contribution in [0.2, 0.25) is 0 Å². The van der Waals surface area contributed by atoms with Crippen LogP contribution in [0.15, 0.2) is 24.3 Å². The van der Waals surface area contributed by atoms with Gasteiger partial charge in [-0.3, -0.25) is 0 Å². The molecule has 1 aromatic carbocycles. The predicted molar refractivity (Wildman–Crippen MR) is 57.3 cm³/mol. The third kappa shape index (κ3) is 2.45. The van der Waals surface area contributed by atoms with Crippen LogP contribution >= 0.6 is 0 Å². The molecule has 0 spiro atoms. The second-order valence-corrected chi connectivity index (χ2v) is 4.44. The van der Waals surface area contributed by atoms with E-state index in [1.807, 2.05) is 0 Å². The van der Waals surface area contributed by atoms with Crippen molar-refractivity contribution in [3.05, 3.63) is 35.4 Å². The Morgan fingerprint density at radius 2 is 1.76 bits per heavy atom. The van der Waals surface area contributed by atoms with Gasteiger partial charge in [-0.25, -0.2) is 0 Å². The van der Waals surface area contributed by atoms with Crippen molar-refractivity contribution in [3.8, 4) is 0 Å². The van der Waals surface area contributed by atoms with Crippen LogP contribution in [0.5, 0.6) is 0 Å². The van der Waals surface area contributed by atoms with E-state index in [1.165, 1.54) is 12.1 Å². The number of alkyl halides is 3. The summed E-state index contributed by atoms with van der Waals surface area (Å²) in [6.07, 6.45) is -4.49. The third-order valence-electron chi connectivity index (χ3n) is 3.11. The summed E-state index contributed by atoms with van der Waals surface area (Å²) >= 11 is 0. The van der Waals surface area contributed by atoms with Crippen LogP contribution in [0.4, 0.5) is 13.2 Å². The van der Waals surface area contributed by atoms with Gasteiger partial charge in [-0.15, -0.1) is 0 Å². The van der Waals surface area contributed by atoms with Crippen LogP contribution in [-0.4, -0.2) is 13.3 Å². The Labute approximate surface area is 97.6 Å². The standard InChI is InChI=1S/C12H14F3NO/c1-17-10(12(13,14)15)8-2-4-9(5-3-8)11(16)6-7-11/h2-5,10H,6-7,16H2,1H3. The first-order valence-corrected chi connectivity index (χ1v) is 5.36. The molecule has 1 atom stereocenters. The zero-order valence-corrected chi connectivity index (χ0v) is 9.42. The lowest BCUT2D eigenvalue weighted by Gasteiger charge is -2.19. The van der Waals surface area contributed by atoms with Crippen LogP contribution in [0, 0.1) is 0 Å². The summed E-state index contributed by atoms with van der Waals surface area (Å²) in [5, 5.41) is 0. The molecule has 17 heavy (non-hydrogen) atoms. The Balaban J connectivity index is 2.22. The first kappa shape index (κ1) is 12.4. The fourth-order valence-electron chi connectivity index (χ4n) is 1.87. The van der Waals surface area contributed by atoms with E-state index in [0.717, 1.165) is 25.5 Å². The topological polar surface area (TPSA) is 35.2 Å². The molecule has 0 amide bonds. The number of hydrogen-bond donors (Lipinski definition) is 1. The highest BCUT2D eigenvalue weighted by Gasteiger charge is 2.42. The van der Waals surface area contributed by atoms with Crippen molar-refractivity contribution >= 4 is 0 Å². The molecule has 2 N–H and O–H groups in total. The average Bonchev–Trinajstić information content (AvgIpc) is 2.98. The Morgan fingerprint density at radius 3 is 2.12 bits per heavy atom. The fourth-order valence-corrected chi connectivity index (χ4v) is 1.87. The van der Waals surface area contributed by atoms with Crippen LogP contribution in [0.3, 0.4) is 0 Å². The van der Waals surface area contributed by atoms with E-state index in [1.54, 1.807) is 12.1 Å². The molecular formula is C12H14F3NO. The maximum absolute atomic E-state index is 12.6. The van der Waals surface area contributed by atoms with Crippen LogP contribution in [-0.2, 0) is 10.3 Å².